The summed E-state index contributed by atoms with van der Waals surface area (Å²) in [6.07, 6.45) is 5.96. The van der Waals surface area contributed by atoms with Gasteiger partial charge >= 0.3 is 0 Å². The largest absolute Gasteiger partial charge is 0.305 e. The maximum atomic E-state index is 4.85. The molecule has 0 aromatic carbocycles. The summed E-state index contributed by atoms with van der Waals surface area (Å²) in [7, 11) is 0. The first-order valence-corrected chi connectivity index (χ1v) is 8.69. The van der Waals surface area contributed by atoms with Gasteiger partial charge in [0.2, 0.25) is 0 Å². The van der Waals surface area contributed by atoms with Gasteiger partial charge in [0, 0.05) is 23.0 Å². The molecule has 0 fully saturated rings. The summed E-state index contributed by atoms with van der Waals surface area (Å²) in [5.41, 5.74) is 3.60. The number of rotatable bonds is 5. The quantitative estimate of drug-likeness (QED) is 0.891. The van der Waals surface area contributed by atoms with E-state index in [1.807, 2.05) is 18.3 Å². The molecule has 3 rings (SSSR count). The minimum Gasteiger partial charge on any atom is -0.305 e. The van der Waals surface area contributed by atoms with Crippen LogP contribution in [0.2, 0.25) is 0 Å². The van der Waals surface area contributed by atoms with Gasteiger partial charge in [-0.3, -0.25) is 5.10 Å². The van der Waals surface area contributed by atoms with Crippen LogP contribution in [0.4, 0.5) is 0 Å². The van der Waals surface area contributed by atoms with Gasteiger partial charge < -0.3 is 5.32 Å². The van der Waals surface area contributed by atoms with Crippen LogP contribution in [-0.2, 0) is 19.3 Å². The predicted octanol–water partition coefficient (Wildman–Crippen LogP) is 3.34. The summed E-state index contributed by atoms with van der Waals surface area (Å²) in [5.74, 6) is 0. The molecule has 1 aliphatic carbocycles. The smallest absolute Gasteiger partial charge is 0.110 e. The monoisotopic (exact) mass is 304 g/mol. The average Bonchev–Trinajstić information content (AvgIpc) is 3.04. The fourth-order valence-corrected chi connectivity index (χ4v) is 4.17. The lowest BCUT2D eigenvalue weighted by Gasteiger charge is -2.17. The maximum Gasteiger partial charge on any atom is 0.110 e. The van der Waals surface area contributed by atoms with E-state index in [2.05, 4.69) is 35.4 Å². The van der Waals surface area contributed by atoms with Crippen molar-refractivity contribution < 1.29 is 0 Å². The van der Waals surface area contributed by atoms with E-state index >= 15 is 0 Å². The Kier molecular flexibility index (Phi) is 4.40. The summed E-state index contributed by atoms with van der Waals surface area (Å²) in [5, 5.41) is 12.2. The highest BCUT2D eigenvalue weighted by Gasteiger charge is 2.19. The third-order valence-electron chi connectivity index (χ3n) is 4.04. The topological polar surface area (TPSA) is 53.6 Å². The van der Waals surface area contributed by atoms with Crippen LogP contribution in [0.1, 0.15) is 59.7 Å². The first kappa shape index (κ1) is 14.7. The molecule has 2 aromatic heterocycles. The van der Waals surface area contributed by atoms with E-state index in [0.29, 0.717) is 12.1 Å². The number of hydrogen-bond acceptors (Lipinski definition) is 4. The van der Waals surface area contributed by atoms with Crippen LogP contribution in [-0.4, -0.2) is 21.2 Å². The van der Waals surface area contributed by atoms with Crippen molar-refractivity contribution in [2.45, 2.75) is 65.0 Å². The van der Waals surface area contributed by atoms with E-state index in [0.717, 1.165) is 17.8 Å². The minimum absolute atomic E-state index is 0.315. The molecule has 0 radical (unpaired) electrons. The standard InChI is InChI=1S/C16H24N4S/c1-10(8-13-9-11(2)19-20-13)17-12(3)16-18-14-6-4-5-7-15(14)21-16/h9-10,12,17H,4-8H2,1-3H3,(H,19,20). The Balaban J connectivity index is 1.60. The van der Waals surface area contributed by atoms with Crippen LogP contribution in [0.15, 0.2) is 6.07 Å². The number of nitrogens with one attached hydrogen (secondary N) is 2. The Bertz CT molecular complexity index is 578. The lowest BCUT2D eigenvalue weighted by atomic mass is 10.0. The first-order valence-electron chi connectivity index (χ1n) is 7.87. The van der Waals surface area contributed by atoms with E-state index in [1.54, 1.807) is 0 Å². The number of fused-ring (bicyclic) bond motifs is 1. The van der Waals surface area contributed by atoms with Crippen molar-refractivity contribution in [3.63, 3.8) is 0 Å². The molecule has 2 aromatic rings. The van der Waals surface area contributed by atoms with Crippen molar-refractivity contribution in [1.82, 2.24) is 20.5 Å². The number of H-pyrrole nitrogens is 1. The zero-order valence-electron chi connectivity index (χ0n) is 13.1. The molecule has 2 heterocycles. The molecule has 0 saturated carbocycles. The van der Waals surface area contributed by atoms with Gasteiger partial charge in [-0.25, -0.2) is 4.98 Å². The fourth-order valence-electron chi connectivity index (χ4n) is 3.01. The van der Waals surface area contributed by atoms with Crippen LogP contribution in [0.5, 0.6) is 0 Å². The van der Waals surface area contributed by atoms with Gasteiger partial charge in [0.1, 0.15) is 5.01 Å². The molecule has 1 aliphatic rings. The SMILES string of the molecule is Cc1cc(CC(C)NC(C)c2nc3c(s2)CCCC3)n[nH]1. The van der Waals surface area contributed by atoms with Gasteiger partial charge in [-0.2, -0.15) is 5.10 Å². The Morgan fingerprint density at radius 2 is 2.14 bits per heavy atom. The van der Waals surface area contributed by atoms with Crippen molar-refractivity contribution in [3.05, 3.63) is 33.0 Å². The molecule has 0 spiro atoms. The summed E-state index contributed by atoms with van der Waals surface area (Å²) >= 11 is 1.90. The van der Waals surface area contributed by atoms with Crippen molar-refractivity contribution in [2.24, 2.45) is 0 Å². The molecule has 0 bridgehead atoms. The molecular weight excluding hydrogens is 280 g/mol. The maximum absolute atomic E-state index is 4.85. The molecule has 0 aliphatic heterocycles. The summed E-state index contributed by atoms with van der Waals surface area (Å²) in [6, 6.07) is 2.82. The van der Waals surface area contributed by atoms with E-state index in [1.165, 1.54) is 41.3 Å². The van der Waals surface area contributed by atoms with Crippen LogP contribution in [0.3, 0.4) is 0 Å². The molecule has 0 amide bonds. The highest BCUT2D eigenvalue weighted by Crippen LogP contribution is 2.29. The second-order valence-corrected chi connectivity index (χ2v) is 7.28. The lowest BCUT2D eigenvalue weighted by molar-refractivity contribution is 0.471. The Labute approximate surface area is 130 Å². The van der Waals surface area contributed by atoms with Gasteiger partial charge in [0.05, 0.1) is 17.4 Å². The van der Waals surface area contributed by atoms with Gasteiger partial charge in [-0.15, -0.1) is 11.3 Å². The summed E-state index contributed by atoms with van der Waals surface area (Å²) in [6.45, 7) is 6.47. The minimum atomic E-state index is 0.315. The highest BCUT2D eigenvalue weighted by molar-refractivity contribution is 7.11. The molecule has 0 saturated heterocycles. The molecule has 4 nitrogen and oxygen atoms in total. The first-order chi connectivity index (χ1) is 10.1. The molecule has 2 atom stereocenters. The van der Waals surface area contributed by atoms with Crippen molar-refractivity contribution in [3.8, 4) is 0 Å². The van der Waals surface area contributed by atoms with Crippen molar-refractivity contribution >= 4 is 11.3 Å². The van der Waals surface area contributed by atoms with Crippen LogP contribution in [0, 0.1) is 6.92 Å². The fraction of sp³-hybridized carbons (Fsp3) is 0.625. The molecule has 2 N–H and O–H groups in total. The van der Waals surface area contributed by atoms with Gasteiger partial charge in [-0.05, 0) is 52.5 Å². The zero-order chi connectivity index (χ0) is 14.8. The van der Waals surface area contributed by atoms with Crippen LogP contribution in [0.25, 0.3) is 0 Å². The van der Waals surface area contributed by atoms with Crippen LogP contribution < -0.4 is 5.32 Å². The second-order valence-electron chi connectivity index (χ2n) is 6.16. The van der Waals surface area contributed by atoms with E-state index in [4.69, 9.17) is 4.98 Å². The van der Waals surface area contributed by atoms with Gasteiger partial charge in [0.25, 0.3) is 0 Å². The van der Waals surface area contributed by atoms with Crippen molar-refractivity contribution in [2.75, 3.05) is 0 Å². The second kappa shape index (κ2) is 6.28. The molecule has 2 unspecified atom stereocenters. The Hall–Kier alpha value is -1.20. The number of aromatic amines is 1. The third kappa shape index (κ3) is 3.52. The zero-order valence-corrected chi connectivity index (χ0v) is 13.9. The number of hydrogen-bond donors (Lipinski definition) is 2. The van der Waals surface area contributed by atoms with Crippen LogP contribution >= 0.6 is 11.3 Å². The number of thiazole rings is 1. The Morgan fingerprint density at radius 3 is 2.86 bits per heavy atom. The number of aromatic nitrogens is 3. The highest BCUT2D eigenvalue weighted by atomic mass is 32.1. The molecule has 114 valence electrons. The van der Waals surface area contributed by atoms with Gasteiger partial charge in [0.15, 0.2) is 0 Å². The number of aryl methyl sites for hydroxylation is 3. The average molecular weight is 304 g/mol. The van der Waals surface area contributed by atoms with E-state index < -0.39 is 0 Å². The van der Waals surface area contributed by atoms with E-state index in [-0.39, 0.29) is 0 Å². The number of nitrogens with zero attached hydrogens (tertiary/aromatic N) is 2. The molecule has 5 heteroatoms. The van der Waals surface area contributed by atoms with Crippen molar-refractivity contribution in [1.29, 1.82) is 0 Å². The third-order valence-corrected chi connectivity index (χ3v) is 5.38. The molecule has 21 heavy (non-hydrogen) atoms. The molecular formula is C16H24N4S. The predicted molar refractivity (Wildman–Crippen MR) is 86.8 cm³/mol. The Morgan fingerprint density at radius 1 is 1.33 bits per heavy atom. The van der Waals surface area contributed by atoms with E-state index in [9.17, 15) is 0 Å². The summed E-state index contributed by atoms with van der Waals surface area (Å²) < 4.78 is 0. The lowest BCUT2D eigenvalue weighted by Crippen LogP contribution is -2.30. The normalized spacial score (nSPS) is 17.5. The van der Waals surface area contributed by atoms with Gasteiger partial charge in [-0.1, -0.05) is 0 Å². The summed E-state index contributed by atoms with van der Waals surface area (Å²) in [4.78, 5) is 6.36.